The third kappa shape index (κ3) is 4.61. The number of carbonyl (C=O) groups is 2. The lowest BCUT2D eigenvalue weighted by Gasteiger charge is -2.12. The number of benzene rings is 1. The number of aryl methyl sites for hydroxylation is 1. The molecule has 0 spiro atoms. The van der Waals surface area contributed by atoms with Gasteiger partial charge in [0.15, 0.2) is 0 Å². The largest absolute Gasteiger partial charge is 0.495 e. The molecule has 0 saturated heterocycles. The monoisotopic (exact) mass is 354 g/mol. The van der Waals surface area contributed by atoms with Gasteiger partial charge in [-0.2, -0.15) is 0 Å². The molecule has 1 aromatic carbocycles. The molecule has 1 aromatic rings. The maximum Gasteiger partial charge on any atom is 0.228 e. The average Bonchev–Trinajstić information content (AvgIpc) is 3.35. The fraction of sp³-hybridized carbons (Fsp3) is 0.529. The topological polar surface area (TPSA) is 76.7 Å². The van der Waals surface area contributed by atoms with E-state index in [9.17, 15) is 9.59 Å². The first-order valence-electron chi connectivity index (χ1n) is 7.89. The van der Waals surface area contributed by atoms with Crippen LogP contribution in [0, 0.1) is 18.8 Å². The molecule has 1 saturated carbocycles. The summed E-state index contributed by atoms with van der Waals surface area (Å²) in [6.45, 7) is 3.01. The molecule has 0 aromatic heterocycles. The zero-order valence-electron chi connectivity index (χ0n) is 14.1. The van der Waals surface area contributed by atoms with Gasteiger partial charge in [-0.25, -0.2) is 0 Å². The van der Waals surface area contributed by atoms with E-state index in [2.05, 4.69) is 10.6 Å². The lowest BCUT2D eigenvalue weighted by molar-refractivity contribution is -0.125. The third-order valence-electron chi connectivity index (χ3n) is 4.03. The summed E-state index contributed by atoms with van der Waals surface area (Å²) in [7, 11) is 3.14. The van der Waals surface area contributed by atoms with Gasteiger partial charge in [0.2, 0.25) is 11.8 Å². The van der Waals surface area contributed by atoms with Crippen molar-refractivity contribution in [1.29, 1.82) is 0 Å². The molecule has 0 bridgehead atoms. The van der Waals surface area contributed by atoms with E-state index in [0.29, 0.717) is 36.0 Å². The van der Waals surface area contributed by atoms with Gasteiger partial charge in [-0.3, -0.25) is 9.59 Å². The molecule has 7 heteroatoms. The molecule has 2 atom stereocenters. The summed E-state index contributed by atoms with van der Waals surface area (Å²) in [5.74, 6) is -0.308. The molecular weight excluding hydrogens is 332 g/mol. The number of amides is 2. The summed E-state index contributed by atoms with van der Waals surface area (Å²) in [4.78, 5) is 24.3. The standard InChI is InChI=1S/C17H23ClN2O4/c1-10-7-14(15(24-3)9-13(10)18)20-17(22)12-8-11(12)16(21)19-5-4-6-23-2/h7,9,11-12H,4-6,8H2,1-3H3,(H,19,21)(H,20,22). The van der Waals surface area contributed by atoms with Crippen LogP contribution in [0.3, 0.4) is 0 Å². The Labute approximate surface area is 146 Å². The van der Waals surface area contributed by atoms with E-state index in [4.69, 9.17) is 21.1 Å². The Morgan fingerprint density at radius 3 is 2.62 bits per heavy atom. The van der Waals surface area contributed by atoms with Gasteiger partial charge in [0.25, 0.3) is 0 Å². The van der Waals surface area contributed by atoms with Crippen molar-refractivity contribution in [3.8, 4) is 5.75 Å². The van der Waals surface area contributed by atoms with Crippen molar-refractivity contribution in [1.82, 2.24) is 5.32 Å². The van der Waals surface area contributed by atoms with Gasteiger partial charge in [-0.15, -0.1) is 0 Å². The number of methoxy groups -OCH3 is 2. The van der Waals surface area contributed by atoms with Crippen molar-refractivity contribution < 1.29 is 19.1 Å². The van der Waals surface area contributed by atoms with Gasteiger partial charge in [0.1, 0.15) is 5.75 Å². The van der Waals surface area contributed by atoms with Crippen LogP contribution in [0.15, 0.2) is 12.1 Å². The summed E-state index contributed by atoms with van der Waals surface area (Å²) in [6.07, 6.45) is 1.32. The summed E-state index contributed by atoms with van der Waals surface area (Å²) >= 11 is 6.06. The van der Waals surface area contributed by atoms with E-state index in [1.807, 2.05) is 6.92 Å². The molecule has 0 radical (unpaired) electrons. The molecule has 2 amide bonds. The van der Waals surface area contributed by atoms with Gasteiger partial charge in [0, 0.05) is 31.4 Å². The fourth-order valence-corrected chi connectivity index (χ4v) is 2.64. The predicted octanol–water partition coefficient (Wildman–Crippen LogP) is 2.38. The van der Waals surface area contributed by atoms with Crippen LogP contribution >= 0.6 is 11.6 Å². The molecule has 0 aliphatic heterocycles. The number of nitrogens with one attached hydrogen (secondary N) is 2. The van der Waals surface area contributed by atoms with E-state index >= 15 is 0 Å². The lowest BCUT2D eigenvalue weighted by Crippen LogP contribution is -2.28. The molecule has 24 heavy (non-hydrogen) atoms. The van der Waals surface area contributed by atoms with Crippen LogP contribution in [-0.4, -0.2) is 39.2 Å². The first kappa shape index (κ1) is 18.5. The van der Waals surface area contributed by atoms with Gasteiger partial charge in [-0.1, -0.05) is 11.6 Å². The van der Waals surface area contributed by atoms with Crippen molar-refractivity contribution in [2.24, 2.45) is 11.8 Å². The summed E-state index contributed by atoms with van der Waals surface area (Å²) in [6, 6.07) is 3.43. The van der Waals surface area contributed by atoms with Crippen LogP contribution in [-0.2, 0) is 14.3 Å². The quantitative estimate of drug-likeness (QED) is 0.703. The van der Waals surface area contributed by atoms with E-state index in [-0.39, 0.29) is 23.7 Å². The Bertz CT molecular complexity index is 621. The SMILES string of the molecule is COCCCNC(=O)C1CC1C(=O)Nc1cc(C)c(Cl)cc1OC. The van der Waals surface area contributed by atoms with Crippen LogP contribution in [0.1, 0.15) is 18.4 Å². The minimum absolute atomic E-state index is 0.0782. The summed E-state index contributed by atoms with van der Waals surface area (Å²) in [5, 5.41) is 6.23. The molecule has 2 unspecified atom stereocenters. The summed E-state index contributed by atoms with van der Waals surface area (Å²) < 4.78 is 10.2. The Balaban J connectivity index is 1.88. The van der Waals surface area contributed by atoms with Crippen molar-refractivity contribution in [3.63, 3.8) is 0 Å². The minimum atomic E-state index is -0.298. The van der Waals surface area contributed by atoms with E-state index in [0.717, 1.165) is 12.0 Å². The van der Waals surface area contributed by atoms with Gasteiger partial charge in [0.05, 0.1) is 24.6 Å². The van der Waals surface area contributed by atoms with E-state index in [1.165, 1.54) is 7.11 Å². The van der Waals surface area contributed by atoms with Crippen LogP contribution in [0.2, 0.25) is 5.02 Å². The van der Waals surface area contributed by atoms with Crippen molar-refractivity contribution in [3.05, 3.63) is 22.7 Å². The highest BCUT2D eigenvalue weighted by Gasteiger charge is 2.48. The molecule has 1 aliphatic rings. The van der Waals surface area contributed by atoms with Gasteiger partial charge < -0.3 is 20.1 Å². The molecule has 0 heterocycles. The number of hydrogen-bond donors (Lipinski definition) is 2. The molecule has 2 rings (SSSR count). The van der Waals surface area contributed by atoms with Gasteiger partial charge >= 0.3 is 0 Å². The normalized spacial score (nSPS) is 18.8. The fourth-order valence-electron chi connectivity index (χ4n) is 2.49. The van der Waals surface area contributed by atoms with Crippen molar-refractivity contribution in [2.45, 2.75) is 19.8 Å². The zero-order valence-corrected chi connectivity index (χ0v) is 14.9. The highest BCUT2D eigenvalue weighted by molar-refractivity contribution is 6.31. The number of ether oxygens (including phenoxy) is 2. The maximum absolute atomic E-state index is 12.3. The van der Waals surface area contributed by atoms with E-state index < -0.39 is 0 Å². The Hall–Kier alpha value is -1.79. The number of hydrogen-bond acceptors (Lipinski definition) is 4. The highest BCUT2D eigenvalue weighted by atomic mass is 35.5. The molecule has 2 N–H and O–H groups in total. The van der Waals surface area contributed by atoms with Crippen LogP contribution in [0.25, 0.3) is 0 Å². The average molecular weight is 355 g/mol. The first-order chi connectivity index (χ1) is 11.5. The number of rotatable bonds is 8. The number of anilines is 1. The molecule has 1 fully saturated rings. The number of carbonyl (C=O) groups excluding carboxylic acids is 2. The Morgan fingerprint density at radius 1 is 1.25 bits per heavy atom. The second-order valence-electron chi connectivity index (χ2n) is 5.88. The second-order valence-corrected chi connectivity index (χ2v) is 6.28. The maximum atomic E-state index is 12.3. The Kier molecular flexibility index (Phi) is 6.45. The number of halogens is 1. The predicted molar refractivity (Wildman–Crippen MR) is 92.5 cm³/mol. The smallest absolute Gasteiger partial charge is 0.228 e. The molecular formula is C17H23ClN2O4. The Morgan fingerprint density at radius 2 is 1.96 bits per heavy atom. The molecule has 1 aliphatic carbocycles. The molecule has 6 nitrogen and oxygen atoms in total. The highest BCUT2D eigenvalue weighted by Crippen LogP contribution is 2.40. The lowest BCUT2D eigenvalue weighted by atomic mass is 10.2. The first-order valence-corrected chi connectivity index (χ1v) is 8.27. The third-order valence-corrected chi connectivity index (χ3v) is 4.43. The zero-order chi connectivity index (χ0) is 17.7. The minimum Gasteiger partial charge on any atom is -0.495 e. The second kappa shape index (κ2) is 8.35. The van der Waals surface area contributed by atoms with E-state index in [1.54, 1.807) is 19.2 Å². The van der Waals surface area contributed by atoms with Crippen LogP contribution < -0.4 is 15.4 Å². The van der Waals surface area contributed by atoms with Crippen LogP contribution in [0.4, 0.5) is 5.69 Å². The van der Waals surface area contributed by atoms with Crippen molar-refractivity contribution in [2.75, 3.05) is 32.7 Å². The molecule has 132 valence electrons. The summed E-state index contributed by atoms with van der Waals surface area (Å²) in [5.41, 5.74) is 1.41. The van der Waals surface area contributed by atoms with Crippen LogP contribution in [0.5, 0.6) is 5.75 Å². The van der Waals surface area contributed by atoms with Crippen molar-refractivity contribution >= 4 is 29.1 Å². The van der Waals surface area contributed by atoms with Gasteiger partial charge in [-0.05, 0) is 31.4 Å².